The molecule has 1 amide bonds. The van der Waals surface area contributed by atoms with E-state index in [2.05, 4.69) is 25.6 Å². The average Bonchev–Trinajstić information content (AvgIpc) is 3.70. The largest absolute Gasteiger partial charge is 0.354 e. The Kier molecular flexibility index (Phi) is 5.74. The number of hydrogen-bond donors (Lipinski definition) is 3. The fourth-order valence-electron chi connectivity index (χ4n) is 4.45. The van der Waals surface area contributed by atoms with Crippen LogP contribution in [0.1, 0.15) is 16.7 Å². The standard InChI is InChI=1S/C28H21N7O3/c36-28-26(23-13-22(35(37)38)9-10-24(23)33-28)27(20-3-1-18(2-4-20)15-34-12-11-29-17-34)32-21-7-5-19(6-8-21)25-14-30-16-31-25/h1-14,16-17,32H,15H2,(H,30,31)(H,33,36). The minimum atomic E-state index is -0.466. The van der Waals surface area contributed by atoms with Crippen molar-refractivity contribution in [1.29, 1.82) is 0 Å². The molecule has 2 aromatic heterocycles. The molecule has 1 aliphatic heterocycles. The SMILES string of the molecule is O=C1Nc2ccc([N+](=O)[O-])cc2C1=C(Nc1ccc(-c2c[nH]cn2)cc1)c1ccc(Cn2ccnc2)cc1. The number of non-ortho nitro benzene ring substituents is 1. The van der Waals surface area contributed by atoms with E-state index in [9.17, 15) is 14.9 Å². The van der Waals surface area contributed by atoms with Gasteiger partial charge in [-0.05, 0) is 29.3 Å². The Labute approximate surface area is 216 Å². The second-order valence-corrected chi connectivity index (χ2v) is 8.78. The number of imidazole rings is 2. The molecular weight excluding hydrogens is 482 g/mol. The zero-order chi connectivity index (χ0) is 26.1. The number of anilines is 2. The van der Waals surface area contributed by atoms with E-state index in [4.69, 9.17) is 0 Å². The zero-order valence-electron chi connectivity index (χ0n) is 20.0. The summed E-state index contributed by atoms with van der Waals surface area (Å²) in [6.45, 7) is 0.657. The summed E-state index contributed by atoms with van der Waals surface area (Å²) >= 11 is 0. The van der Waals surface area contributed by atoms with Crippen LogP contribution in [0.2, 0.25) is 0 Å². The fourth-order valence-corrected chi connectivity index (χ4v) is 4.45. The second-order valence-electron chi connectivity index (χ2n) is 8.78. The molecule has 0 atom stereocenters. The number of hydrogen-bond acceptors (Lipinski definition) is 6. The molecule has 0 fully saturated rings. The highest BCUT2D eigenvalue weighted by atomic mass is 16.6. The van der Waals surface area contributed by atoms with Gasteiger partial charge in [0.1, 0.15) is 0 Å². The molecule has 3 heterocycles. The molecule has 5 aromatic rings. The molecule has 3 aromatic carbocycles. The maximum absolute atomic E-state index is 13.2. The van der Waals surface area contributed by atoms with Gasteiger partial charge in [-0.3, -0.25) is 14.9 Å². The van der Waals surface area contributed by atoms with E-state index < -0.39 is 4.92 Å². The van der Waals surface area contributed by atoms with Crippen molar-refractivity contribution >= 4 is 34.2 Å². The Morgan fingerprint density at radius 3 is 2.55 bits per heavy atom. The van der Waals surface area contributed by atoms with Gasteiger partial charge in [-0.2, -0.15) is 0 Å². The predicted molar refractivity (Wildman–Crippen MR) is 144 cm³/mol. The van der Waals surface area contributed by atoms with Crippen LogP contribution >= 0.6 is 0 Å². The van der Waals surface area contributed by atoms with E-state index in [0.717, 1.165) is 28.1 Å². The quantitative estimate of drug-likeness (QED) is 0.160. The first-order valence-corrected chi connectivity index (χ1v) is 11.8. The van der Waals surface area contributed by atoms with E-state index in [0.29, 0.717) is 29.1 Å². The van der Waals surface area contributed by atoms with Crippen molar-refractivity contribution < 1.29 is 9.72 Å². The predicted octanol–water partition coefficient (Wildman–Crippen LogP) is 5.16. The summed E-state index contributed by atoms with van der Waals surface area (Å²) in [6.07, 6.45) is 8.81. The Balaban J connectivity index is 1.42. The van der Waals surface area contributed by atoms with Crippen molar-refractivity contribution in [3.63, 3.8) is 0 Å². The average molecular weight is 504 g/mol. The van der Waals surface area contributed by atoms with Crippen LogP contribution in [0.15, 0.2) is 98.0 Å². The molecule has 0 radical (unpaired) electrons. The maximum Gasteiger partial charge on any atom is 0.270 e. The molecule has 0 spiro atoms. The van der Waals surface area contributed by atoms with Gasteiger partial charge in [-0.15, -0.1) is 0 Å². The molecule has 0 saturated heterocycles. The van der Waals surface area contributed by atoms with Crippen LogP contribution < -0.4 is 10.6 Å². The van der Waals surface area contributed by atoms with Crippen LogP contribution in [0, 0.1) is 10.1 Å². The molecule has 38 heavy (non-hydrogen) atoms. The molecule has 0 saturated carbocycles. The topological polar surface area (TPSA) is 131 Å². The van der Waals surface area contributed by atoms with Gasteiger partial charge in [0.15, 0.2) is 0 Å². The van der Waals surface area contributed by atoms with Crippen molar-refractivity contribution in [2.45, 2.75) is 6.54 Å². The van der Waals surface area contributed by atoms with E-state index in [-0.39, 0.29) is 11.6 Å². The summed E-state index contributed by atoms with van der Waals surface area (Å²) in [6, 6.07) is 19.9. The van der Waals surface area contributed by atoms with Gasteiger partial charge in [0.2, 0.25) is 0 Å². The Bertz CT molecular complexity index is 1650. The second kappa shape index (κ2) is 9.51. The van der Waals surface area contributed by atoms with Gasteiger partial charge in [0.05, 0.1) is 34.5 Å². The molecule has 6 rings (SSSR count). The highest BCUT2D eigenvalue weighted by Gasteiger charge is 2.30. The van der Waals surface area contributed by atoms with Crippen LogP contribution in [0.3, 0.4) is 0 Å². The molecule has 10 nitrogen and oxygen atoms in total. The molecule has 0 bridgehead atoms. The molecule has 10 heteroatoms. The number of nitro groups is 1. The number of amides is 1. The number of nitro benzene ring substituents is 1. The number of nitrogens with zero attached hydrogens (tertiary/aromatic N) is 4. The van der Waals surface area contributed by atoms with Crippen LogP contribution in [0.5, 0.6) is 0 Å². The van der Waals surface area contributed by atoms with Crippen molar-refractivity contribution in [3.8, 4) is 11.3 Å². The number of H-pyrrole nitrogens is 1. The van der Waals surface area contributed by atoms with Gasteiger partial charge in [-0.25, -0.2) is 9.97 Å². The number of fused-ring (bicyclic) bond motifs is 1. The number of rotatable bonds is 7. The van der Waals surface area contributed by atoms with Crippen molar-refractivity contribution in [3.05, 3.63) is 125 Å². The minimum absolute atomic E-state index is 0.0869. The third kappa shape index (κ3) is 4.42. The van der Waals surface area contributed by atoms with E-state index in [1.54, 1.807) is 24.9 Å². The third-order valence-corrected chi connectivity index (χ3v) is 6.32. The van der Waals surface area contributed by atoms with Crippen LogP contribution in [0.25, 0.3) is 22.5 Å². The van der Waals surface area contributed by atoms with E-state index in [1.165, 1.54) is 12.1 Å². The number of aromatic nitrogens is 4. The Morgan fingerprint density at radius 2 is 1.87 bits per heavy atom. The number of nitrogens with one attached hydrogen (secondary N) is 3. The van der Waals surface area contributed by atoms with Gasteiger partial charge in [0.25, 0.3) is 11.6 Å². The van der Waals surface area contributed by atoms with E-state index >= 15 is 0 Å². The number of carbonyl (C=O) groups is 1. The first kappa shape index (κ1) is 22.9. The molecule has 3 N–H and O–H groups in total. The lowest BCUT2D eigenvalue weighted by Gasteiger charge is -2.16. The van der Waals surface area contributed by atoms with Gasteiger partial charge >= 0.3 is 0 Å². The monoisotopic (exact) mass is 503 g/mol. The highest BCUT2D eigenvalue weighted by Crippen LogP contribution is 2.39. The molecular formula is C28H21N7O3. The maximum atomic E-state index is 13.2. The lowest BCUT2D eigenvalue weighted by atomic mass is 9.98. The lowest BCUT2D eigenvalue weighted by Crippen LogP contribution is -2.10. The normalized spacial score (nSPS) is 13.6. The highest BCUT2D eigenvalue weighted by molar-refractivity contribution is 6.37. The summed E-state index contributed by atoms with van der Waals surface area (Å²) < 4.78 is 1.97. The van der Waals surface area contributed by atoms with E-state index in [1.807, 2.05) is 65.5 Å². The summed E-state index contributed by atoms with van der Waals surface area (Å²) in [4.78, 5) is 35.5. The van der Waals surface area contributed by atoms with Crippen molar-refractivity contribution in [2.75, 3.05) is 10.6 Å². The minimum Gasteiger partial charge on any atom is -0.354 e. The molecule has 0 unspecified atom stereocenters. The number of benzene rings is 3. The summed E-state index contributed by atoms with van der Waals surface area (Å²) in [7, 11) is 0. The van der Waals surface area contributed by atoms with Crippen LogP contribution in [-0.2, 0) is 11.3 Å². The van der Waals surface area contributed by atoms with Crippen LogP contribution in [0.4, 0.5) is 17.1 Å². The number of carbonyl (C=O) groups excluding carboxylic acids is 1. The summed E-state index contributed by atoms with van der Waals surface area (Å²) in [5.74, 6) is -0.335. The van der Waals surface area contributed by atoms with Crippen LogP contribution in [-0.4, -0.2) is 30.3 Å². The lowest BCUT2D eigenvalue weighted by molar-refractivity contribution is -0.384. The van der Waals surface area contributed by atoms with Gasteiger partial charge in [-0.1, -0.05) is 36.4 Å². The third-order valence-electron chi connectivity index (χ3n) is 6.32. The number of aromatic amines is 1. The smallest absolute Gasteiger partial charge is 0.270 e. The molecule has 0 aliphatic carbocycles. The summed E-state index contributed by atoms with van der Waals surface area (Å²) in [5.41, 5.74) is 6.13. The van der Waals surface area contributed by atoms with Gasteiger partial charge < -0.3 is 20.2 Å². The summed E-state index contributed by atoms with van der Waals surface area (Å²) in [5, 5.41) is 17.7. The fraction of sp³-hybridized carbons (Fsp3) is 0.0357. The Hall–Kier alpha value is -5.51. The van der Waals surface area contributed by atoms with Crippen molar-refractivity contribution in [1.82, 2.24) is 19.5 Å². The molecule has 1 aliphatic rings. The molecule has 186 valence electrons. The zero-order valence-corrected chi connectivity index (χ0v) is 20.0. The Morgan fingerprint density at radius 1 is 1.05 bits per heavy atom. The van der Waals surface area contributed by atoms with Crippen molar-refractivity contribution in [2.24, 2.45) is 0 Å². The van der Waals surface area contributed by atoms with Gasteiger partial charge in [0, 0.05) is 59.8 Å². The first-order chi connectivity index (χ1) is 18.5. The first-order valence-electron chi connectivity index (χ1n) is 11.8.